The van der Waals surface area contributed by atoms with E-state index >= 15 is 0 Å². The molecule has 4 rings (SSSR count). The molecule has 1 atom stereocenters. The summed E-state index contributed by atoms with van der Waals surface area (Å²) in [4.78, 5) is 2.46. The molecule has 1 aliphatic rings. The third-order valence-electron chi connectivity index (χ3n) is 5.20. The van der Waals surface area contributed by atoms with Gasteiger partial charge in [-0.2, -0.15) is 5.10 Å². The van der Waals surface area contributed by atoms with E-state index in [0.717, 1.165) is 35.0 Å². The van der Waals surface area contributed by atoms with Crippen LogP contribution < -0.4 is 4.74 Å². The molecule has 0 N–H and O–H groups in total. The van der Waals surface area contributed by atoms with Crippen molar-refractivity contribution in [2.75, 3.05) is 13.7 Å². The van der Waals surface area contributed by atoms with Crippen LogP contribution in [0.15, 0.2) is 54.6 Å². The predicted octanol–water partition coefficient (Wildman–Crippen LogP) is 4.51. The number of aromatic nitrogens is 3. The van der Waals surface area contributed by atoms with Crippen LogP contribution in [0.1, 0.15) is 30.3 Å². The highest BCUT2D eigenvalue weighted by Crippen LogP contribution is 2.33. The number of methoxy groups -OCH3 is 1. The lowest BCUT2D eigenvalue weighted by molar-refractivity contribution is 0.189. The van der Waals surface area contributed by atoms with Gasteiger partial charge in [0.05, 0.1) is 13.8 Å². The van der Waals surface area contributed by atoms with Gasteiger partial charge in [0.2, 0.25) is 4.77 Å². The van der Waals surface area contributed by atoms with E-state index in [0.29, 0.717) is 12.7 Å². The van der Waals surface area contributed by atoms with Crippen molar-refractivity contribution in [3.8, 4) is 11.4 Å². The van der Waals surface area contributed by atoms with Gasteiger partial charge in [0, 0.05) is 18.3 Å². The van der Waals surface area contributed by atoms with E-state index in [9.17, 15) is 0 Å². The van der Waals surface area contributed by atoms with Crippen molar-refractivity contribution in [1.82, 2.24) is 19.2 Å². The molecule has 140 valence electrons. The van der Waals surface area contributed by atoms with Gasteiger partial charge in [-0.1, -0.05) is 30.3 Å². The molecule has 1 fully saturated rings. The minimum Gasteiger partial charge on any atom is -0.497 e. The first-order valence-corrected chi connectivity index (χ1v) is 9.68. The van der Waals surface area contributed by atoms with Crippen molar-refractivity contribution in [2.24, 2.45) is 0 Å². The van der Waals surface area contributed by atoms with Crippen LogP contribution in [0, 0.1) is 11.7 Å². The number of nitrogens with zero attached hydrogens (tertiary/aromatic N) is 4. The van der Waals surface area contributed by atoms with Crippen molar-refractivity contribution in [3.63, 3.8) is 0 Å². The molecule has 0 spiro atoms. The average molecular weight is 381 g/mol. The van der Waals surface area contributed by atoms with E-state index in [1.54, 1.807) is 7.11 Å². The number of hydrogen-bond donors (Lipinski definition) is 0. The van der Waals surface area contributed by atoms with E-state index in [-0.39, 0.29) is 0 Å². The highest BCUT2D eigenvalue weighted by Gasteiger charge is 2.27. The molecule has 3 aromatic rings. The summed E-state index contributed by atoms with van der Waals surface area (Å²) < 4.78 is 10.00. The predicted molar refractivity (Wildman–Crippen MR) is 109 cm³/mol. The van der Waals surface area contributed by atoms with E-state index in [2.05, 4.69) is 29.2 Å². The molecule has 6 heteroatoms. The van der Waals surface area contributed by atoms with Gasteiger partial charge < -0.3 is 4.74 Å². The summed E-state index contributed by atoms with van der Waals surface area (Å²) in [7, 11) is 1.70. The minimum atomic E-state index is 0.389. The summed E-state index contributed by atoms with van der Waals surface area (Å²) in [6.45, 7) is 3.76. The second-order valence-electron chi connectivity index (χ2n) is 6.89. The first-order chi connectivity index (χ1) is 13.2. The maximum absolute atomic E-state index is 5.74. The van der Waals surface area contributed by atoms with Crippen LogP contribution in [-0.4, -0.2) is 32.9 Å². The maximum atomic E-state index is 5.74. The number of ether oxygens (including phenoxy) is 1. The van der Waals surface area contributed by atoms with Gasteiger partial charge in [-0.05, 0) is 61.8 Å². The number of likely N-dealkylation sites (tertiary alicyclic amines) is 1. The van der Waals surface area contributed by atoms with Crippen molar-refractivity contribution < 1.29 is 4.74 Å². The van der Waals surface area contributed by atoms with Crippen LogP contribution in [0.4, 0.5) is 0 Å². The molecule has 2 heterocycles. The Morgan fingerprint density at radius 1 is 1.11 bits per heavy atom. The fourth-order valence-corrected chi connectivity index (χ4v) is 4.19. The molecule has 0 aliphatic carbocycles. The highest BCUT2D eigenvalue weighted by molar-refractivity contribution is 7.71. The van der Waals surface area contributed by atoms with E-state index in [1.807, 2.05) is 46.5 Å². The van der Waals surface area contributed by atoms with Crippen molar-refractivity contribution in [2.45, 2.75) is 32.5 Å². The molecule has 0 saturated carbocycles. The second kappa shape index (κ2) is 7.66. The normalized spacial score (nSPS) is 17.3. The summed E-state index contributed by atoms with van der Waals surface area (Å²) in [5.41, 5.74) is 2.37. The largest absolute Gasteiger partial charge is 0.497 e. The zero-order chi connectivity index (χ0) is 18.8. The molecule has 0 amide bonds. The third kappa shape index (κ3) is 3.55. The molecule has 2 aromatic carbocycles. The lowest BCUT2D eigenvalue weighted by atomic mass is 10.0. The Labute approximate surface area is 164 Å². The van der Waals surface area contributed by atoms with E-state index in [1.165, 1.54) is 12.0 Å². The highest BCUT2D eigenvalue weighted by atomic mass is 32.1. The third-order valence-corrected chi connectivity index (χ3v) is 5.59. The van der Waals surface area contributed by atoms with Crippen LogP contribution in [0.3, 0.4) is 0 Å². The molecule has 0 bridgehead atoms. The van der Waals surface area contributed by atoms with Gasteiger partial charge in [0.15, 0.2) is 0 Å². The Bertz CT molecular complexity index is 962. The first kappa shape index (κ1) is 17.9. The van der Waals surface area contributed by atoms with Crippen molar-refractivity contribution in [1.29, 1.82) is 0 Å². The number of benzene rings is 2. The monoisotopic (exact) mass is 380 g/mol. The number of aryl methyl sites for hydroxylation is 1. The van der Waals surface area contributed by atoms with Gasteiger partial charge in [-0.25, -0.2) is 4.68 Å². The summed E-state index contributed by atoms with van der Waals surface area (Å²) >= 11 is 5.74. The van der Waals surface area contributed by atoms with Crippen LogP contribution in [-0.2, 0) is 6.67 Å². The smallest absolute Gasteiger partial charge is 0.203 e. The van der Waals surface area contributed by atoms with Crippen molar-refractivity contribution in [3.05, 3.63) is 70.8 Å². The number of rotatable bonds is 5. The van der Waals surface area contributed by atoms with Gasteiger partial charge >= 0.3 is 0 Å². The zero-order valence-corrected chi connectivity index (χ0v) is 16.5. The van der Waals surface area contributed by atoms with Crippen LogP contribution in [0.5, 0.6) is 5.75 Å². The molecule has 27 heavy (non-hydrogen) atoms. The summed E-state index contributed by atoms with van der Waals surface area (Å²) in [6, 6.07) is 19.0. The fraction of sp³-hybridized carbons (Fsp3) is 0.333. The van der Waals surface area contributed by atoms with Gasteiger partial charge in [-0.15, -0.1) is 0 Å². The molecule has 0 radical (unpaired) electrons. The standard InChI is InChI=1S/C21H24N4OS/c1-16-22-24(21(27)25(16)18-7-4-3-5-8-18)15-23-14-6-9-20(23)17-10-12-19(26-2)13-11-17/h3-5,7-8,10-13,20H,6,9,14-15H2,1-2H3/t20-/m1/s1. The molecular weight excluding hydrogens is 356 g/mol. The summed E-state index contributed by atoms with van der Waals surface area (Å²) in [5.74, 6) is 1.80. The summed E-state index contributed by atoms with van der Waals surface area (Å²) in [5, 5.41) is 4.72. The Morgan fingerprint density at radius 2 is 1.85 bits per heavy atom. The summed E-state index contributed by atoms with van der Waals surface area (Å²) in [6.07, 6.45) is 2.33. The fourth-order valence-electron chi connectivity index (χ4n) is 3.85. The molecule has 5 nitrogen and oxygen atoms in total. The zero-order valence-electron chi connectivity index (χ0n) is 15.7. The van der Waals surface area contributed by atoms with E-state index < -0.39 is 0 Å². The van der Waals surface area contributed by atoms with Crippen LogP contribution in [0.2, 0.25) is 0 Å². The Kier molecular flexibility index (Phi) is 5.09. The molecule has 1 saturated heterocycles. The molecule has 1 aromatic heterocycles. The van der Waals surface area contributed by atoms with Gasteiger partial charge in [0.1, 0.15) is 11.6 Å². The first-order valence-electron chi connectivity index (χ1n) is 9.27. The Morgan fingerprint density at radius 3 is 2.56 bits per heavy atom. The van der Waals surface area contributed by atoms with Crippen LogP contribution >= 0.6 is 12.2 Å². The van der Waals surface area contributed by atoms with Gasteiger partial charge in [-0.3, -0.25) is 9.47 Å². The second-order valence-corrected chi connectivity index (χ2v) is 7.25. The molecular formula is C21H24N4OS. The Balaban J connectivity index is 1.59. The SMILES string of the molecule is COc1ccc([C@H]2CCCN2Cn2nc(C)n(-c3ccccc3)c2=S)cc1. The average Bonchev–Trinajstić information content (AvgIpc) is 3.27. The van der Waals surface area contributed by atoms with Crippen molar-refractivity contribution >= 4 is 12.2 Å². The number of hydrogen-bond acceptors (Lipinski definition) is 4. The maximum Gasteiger partial charge on any atom is 0.203 e. The Hall–Kier alpha value is -2.44. The lowest BCUT2D eigenvalue weighted by Gasteiger charge is -2.24. The van der Waals surface area contributed by atoms with Gasteiger partial charge in [0.25, 0.3) is 0 Å². The molecule has 0 unspecified atom stereocenters. The molecule has 1 aliphatic heterocycles. The van der Waals surface area contributed by atoms with Crippen LogP contribution in [0.25, 0.3) is 5.69 Å². The quantitative estimate of drug-likeness (QED) is 0.610. The topological polar surface area (TPSA) is 35.2 Å². The van der Waals surface area contributed by atoms with E-state index in [4.69, 9.17) is 22.1 Å². The number of para-hydroxylation sites is 1. The lowest BCUT2D eigenvalue weighted by Crippen LogP contribution is -2.27. The minimum absolute atomic E-state index is 0.389.